The van der Waals surface area contributed by atoms with E-state index in [-0.39, 0.29) is 11.6 Å². The van der Waals surface area contributed by atoms with Gasteiger partial charge in [0.1, 0.15) is 5.72 Å². The van der Waals surface area contributed by atoms with Crippen LogP contribution >= 0.6 is 0 Å². The molecule has 0 atom stereocenters. The lowest BCUT2D eigenvalue weighted by Gasteiger charge is -2.43. The maximum Gasteiger partial charge on any atom is 0.224 e. The third-order valence-electron chi connectivity index (χ3n) is 2.87. The average molecular weight is 214 g/mol. The molecule has 0 saturated carbocycles. The maximum atomic E-state index is 11.2. The molecule has 1 spiro atoms. The van der Waals surface area contributed by atoms with Crippen LogP contribution < -0.4 is 5.32 Å². The molecule has 0 aliphatic carbocycles. The maximum absolute atomic E-state index is 11.2. The van der Waals surface area contributed by atoms with Gasteiger partial charge in [-0.2, -0.15) is 0 Å². The first-order chi connectivity index (χ1) is 7.20. The number of rotatable bonds is 0. The van der Waals surface area contributed by atoms with Gasteiger partial charge in [0.15, 0.2) is 0 Å². The van der Waals surface area contributed by atoms with Crippen molar-refractivity contribution in [1.82, 2.24) is 10.2 Å². The fraction of sp³-hybridized carbons (Fsp3) is 0.909. The first-order valence-corrected chi connectivity index (χ1v) is 5.84. The predicted molar refractivity (Wildman–Crippen MR) is 59.5 cm³/mol. The highest BCUT2D eigenvalue weighted by molar-refractivity contribution is 5.77. The molecule has 0 bridgehead atoms. The van der Waals surface area contributed by atoms with Crippen molar-refractivity contribution >= 4 is 5.91 Å². The summed E-state index contributed by atoms with van der Waals surface area (Å²) in [5.74, 6) is 0.135. The van der Waals surface area contributed by atoms with Crippen LogP contribution in [0, 0.1) is 0 Å². The first-order valence-electron chi connectivity index (χ1n) is 5.84. The summed E-state index contributed by atoms with van der Waals surface area (Å²) < 4.78 is 5.67. The monoisotopic (exact) mass is 214 g/mol. The van der Waals surface area contributed by atoms with Gasteiger partial charge in [0.2, 0.25) is 5.91 Å². The summed E-state index contributed by atoms with van der Waals surface area (Å²) in [5.41, 5.74) is -0.332. The fourth-order valence-electron chi connectivity index (χ4n) is 1.94. The van der Waals surface area contributed by atoms with Crippen LogP contribution in [0.15, 0.2) is 0 Å². The van der Waals surface area contributed by atoms with E-state index in [0.29, 0.717) is 13.0 Å². The van der Waals surface area contributed by atoms with Gasteiger partial charge in [-0.15, -0.1) is 0 Å². The Balaban J connectivity index is 0.000000531. The van der Waals surface area contributed by atoms with Gasteiger partial charge in [-0.05, 0) is 7.05 Å². The molecule has 4 nitrogen and oxygen atoms in total. The van der Waals surface area contributed by atoms with E-state index in [0.717, 1.165) is 25.9 Å². The third kappa shape index (κ3) is 3.18. The molecule has 2 aliphatic rings. The largest absolute Gasteiger partial charge is 0.355 e. The molecular weight excluding hydrogens is 192 g/mol. The molecule has 1 amide bonds. The number of nitrogens with one attached hydrogen (secondary N) is 1. The van der Waals surface area contributed by atoms with E-state index >= 15 is 0 Å². The molecule has 1 N–H and O–H groups in total. The van der Waals surface area contributed by atoms with Crippen molar-refractivity contribution in [2.75, 3.05) is 26.7 Å². The van der Waals surface area contributed by atoms with E-state index in [1.807, 2.05) is 13.8 Å². The lowest BCUT2D eigenvalue weighted by Crippen LogP contribution is -2.59. The number of ether oxygens (including phenoxy) is 1. The van der Waals surface area contributed by atoms with Gasteiger partial charge in [-0.1, -0.05) is 13.8 Å². The Labute approximate surface area is 92.0 Å². The molecule has 0 radical (unpaired) electrons. The van der Waals surface area contributed by atoms with Crippen LogP contribution in [-0.4, -0.2) is 43.3 Å². The van der Waals surface area contributed by atoms with E-state index in [9.17, 15) is 4.79 Å². The molecule has 4 heteroatoms. The molecule has 2 rings (SSSR count). The molecule has 0 aromatic rings. The number of amides is 1. The van der Waals surface area contributed by atoms with Crippen molar-refractivity contribution in [2.24, 2.45) is 0 Å². The van der Waals surface area contributed by atoms with Gasteiger partial charge in [0.25, 0.3) is 0 Å². The Morgan fingerprint density at radius 1 is 1.33 bits per heavy atom. The van der Waals surface area contributed by atoms with Crippen LogP contribution in [0.4, 0.5) is 0 Å². The Bertz CT molecular complexity index is 211. The van der Waals surface area contributed by atoms with Crippen LogP contribution in [0.3, 0.4) is 0 Å². The molecule has 2 heterocycles. The van der Waals surface area contributed by atoms with E-state index in [4.69, 9.17) is 4.74 Å². The van der Waals surface area contributed by atoms with Gasteiger partial charge in [-0.3, -0.25) is 4.79 Å². The van der Waals surface area contributed by atoms with E-state index in [2.05, 4.69) is 17.3 Å². The minimum Gasteiger partial charge on any atom is -0.355 e. The van der Waals surface area contributed by atoms with E-state index in [1.54, 1.807) is 0 Å². The number of hydrogen-bond acceptors (Lipinski definition) is 3. The smallest absolute Gasteiger partial charge is 0.224 e. The second kappa shape index (κ2) is 5.47. The molecule has 15 heavy (non-hydrogen) atoms. The van der Waals surface area contributed by atoms with Gasteiger partial charge in [-0.25, -0.2) is 0 Å². The van der Waals surface area contributed by atoms with Crippen molar-refractivity contribution in [1.29, 1.82) is 0 Å². The molecule has 88 valence electrons. The highest BCUT2D eigenvalue weighted by Crippen LogP contribution is 2.25. The number of carbonyl (C=O) groups is 1. The van der Waals surface area contributed by atoms with Gasteiger partial charge in [0.05, 0.1) is 13.0 Å². The van der Waals surface area contributed by atoms with Crippen molar-refractivity contribution < 1.29 is 9.53 Å². The molecule has 2 saturated heterocycles. The highest BCUT2D eigenvalue weighted by atomic mass is 16.5. The number of nitrogens with zero attached hydrogens (tertiary/aromatic N) is 1. The van der Waals surface area contributed by atoms with Crippen LogP contribution in [0.5, 0.6) is 0 Å². The molecule has 2 aliphatic heterocycles. The Morgan fingerprint density at radius 2 is 1.93 bits per heavy atom. The van der Waals surface area contributed by atoms with Crippen LogP contribution in [0.2, 0.25) is 0 Å². The summed E-state index contributed by atoms with van der Waals surface area (Å²) in [7, 11) is 2.09. The Kier molecular flexibility index (Phi) is 4.54. The minimum absolute atomic E-state index is 0.135. The first kappa shape index (κ1) is 12.5. The predicted octanol–water partition coefficient (Wildman–Crippen LogP) is 0.971. The zero-order chi connectivity index (χ0) is 11.3. The summed E-state index contributed by atoms with van der Waals surface area (Å²) in [6.45, 7) is 6.58. The topological polar surface area (TPSA) is 41.6 Å². The SMILES string of the molecule is CC.CN1CCC2(CC1)NC(=O)CCO2. The summed E-state index contributed by atoms with van der Waals surface area (Å²) >= 11 is 0. The summed E-state index contributed by atoms with van der Waals surface area (Å²) in [4.78, 5) is 13.5. The van der Waals surface area contributed by atoms with Crippen molar-refractivity contribution in [3.63, 3.8) is 0 Å². The average Bonchev–Trinajstić information content (AvgIpc) is 2.26. The number of carbonyl (C=O) groups excluding carboxylic acids is 1. The lowest BCUT2D eigenvalue weighted by molar-refractivity contribution is -0.158. The van der Waals surface area contributed by atoms with Gasteiger partial charge < -0.3 is 15.0 Å². The van der Waals surface area contributed by atoms with E-state index in [1.165, 1.54) is 0 Å². The molecule has 0 aromatic carbocycles. The van der Waals surface area contributed by atoms with Gasteiger partial charge >= 0.3 is 0 Å². The second-order valence-electron chi connectivity index (χ2n) is 3.94. The molecule has 2 fully saturated rings. The summed E-state index contributed by atoms with van der Waals surface area (Å²) in [6.07, 6.45) is 2.34. The van der Waals surface area contributed by atoms with E-state index < -0.39 is 0 Å². The van der Waals surface area contributed by atoms with Gasteiger partial charge in [0, 0.05) is 25.9 Å². The lowest BCUT2D eigenvalue weighted by atomic mass is 9.99. The van der Waals surface area contributed by atoms with Crippen molar-refractivity contribution in [3.05, 3.63) is 0 Å². The number of likely N-dealkylation sites (tertiary alicyclic amines) is 1. The quantitative estimate of drug-likeness (QED) is 0.653. The third-order valence-corrected chi connectivity index (χ3v) is 2.87. The Hall–Kier alpha value is -0.610. The fourth-order valence-corrected chi connectivity index (χ4v) is 1.94. The zero-order valence-electron chi connectivity index (χ0n) is 10.0. The molecule has 0 aromatic heterocycles. The van der Waals surface area contributed by atoms with Crippen LogP contribution in [0.1, 0.15) is 33.1 Å². The van der Waals surface area contributed by atoms with Crippen molar-refractivity contribution in [3.8, 4) is 0 Å². The highest BCUT2D eigenvalue weighted by Gasteiger charge is 2.38. The number of piperidine rings is 1. The molecular formula is C11H22N2O2. The summed E-state index contributed by atoms with van der Waals surface area (Å²) in [6, 6.07) is 0. The van der Waals surface area contributed by atoms with Crippen LogP contribution in [-0.2, 0) is 9.53 Å². The van der Waals surface area contributed by atoms with Crippen LogP contribution in [0.25, 0.3) is 0 Å². The second-order valence-corrected chi connectivity index (χ2v) is 3.94. The normalized spacial score (nSPS) is 25.4. The van der Waals surface area contributed by atoms with Crippen molar-refractivity contribution in [2.45, 2.75) is 38.8 Å². The molecule has 0 unspecified atom stereocenters. The minimum atomic E-state index is -0.332. The standard InChI is InChI=1S/C9H16N2O2.C2H6/c1-11-5-3-9(4-6-11)10-8(12)2-7-13-9;1-2/h2-7H2,1H3,(H,10,12);1-2H3. The zero-order valence-corrected chi connectivity index (χ0v) is 10.0. The summed E-state index contributed by atoms with van der Waals surface area (Å²) in [5, 5.41) is 2.96. The number of hydrogen-bond donors (Lipinski definition) is 1. The Morgan fingerprint density at radius 3 is 2.47 bits per heavy atom.